The molecular weight excluding hydrogens is 363 g/mol. The molecular formula is C17H27IO2. The third-order valence-corrected chi connectivity index (χ3v) is 8.57. The minimum absolute atomic E-state index is 0.204. The molecule has 114 valence electrons. The molecule has 0 spiro atoms. The third kappa shape index (κ3) is 2.28. The Balaban J connectivity index is 2.00. The highest BCUT2D eigenvalue weighted by molar-refractivity contribution is 14.1. The van der Waals surface area contributed by atoms with Crippen molar-refractivity contribution in [1.82, 2.24) is 0 Å². The Morgan fingerprint density at radius 2 is 1.90 bits per heavy atom. The second-order valence-electron chi connectivity index (χ2n) is 7.61. The van der Waals surface area contributed by atoms with Gasteiger partial charge in [-0.25, -0.2) is 0 Å². The van der Waals surface area contributed by atoms with Crippen LogP contribution in [0, 0.1) is 17.3 Å². The van der Waals surface area contributed by atoms with Crippen LogP contribution in [0.4, 0.5) is 0 Å². The predicted octanol–water partition coefficient (Wildman–Crippen LogP) is 4.36. The molecule has 3 aliphatic rings. The van der Waals surface area contributed by atoms with Crippen molar-refractivity contribution in [2.75, 3.05) is 6.61 Å². The Kier molecular flexibility index (Phi) is 3.79. The van der Waals surface area contributed by atoms with E-state index < -0.39 is 0 Å². The van der Waals surface area contributed by atoms with Gasteiger partial charge in [-0.2, -0.15) is 0 Å². The molecule has 0 aromatic carbocycles. The molecule has 0 bridgehead atoms. The van der Waals surface area contributed by atoms with Crippen LogP contribution in [0.25, 0.3) is 0 Å². The molecule has 0 aromatic heterocycles. The first-order valence-electron chi connectivity index (χ1n) is 7.90. The third-order valence-electron chi connectivity index (χ3n) is 6.27. The highest BCUT2D eigenvalue weighted by atomic mass is 127. The van der Waals surface area contributed by atoms with Crippen molar-refractivity contribution >= 4 is 22.6 Å². The molecule has 0 radical (unpaired) electrons. The molecule has 2 aliphatic heterocycles. The van der Waals surface area contributed by atoms with Gasteiger partial charge >= 0.3 is 0 Å². The molecule has 3 heteroatoms. The van der Waals surface area contributed by atoms with Gasteiger partial charge in [-0.05, 0) is 38.5 Å². The van der Waals surface area contributed by atoms with Gasteiger partial charge in [-0.1, -0.05) is 55.0 Å². The summed E-state index contributed by atoms with van der Waals surface area (Å²) >= 11 is 2.71. The fourth-order valence-corrected chi connectivity index (χ4v) is 4.83. The SMILES string of the molecule is CC1=CC2OC(C3CO3)C[C@@H](C)C(C)(I)C2(C)C[C@@H]1C. The highest BCUT2D eigenvalue weighted by Gasteiger charge is 2.57. The first-order valence-corrected chi connectivity index (χ1v) is 8.98. The Hall–Kier alpha value is 0.390. The number of hydrogen-bond donors (Lipinski definition) is 0. The fourth-order valence-electron chi connectivity index (χ4n) is 4.05. The molecule has 1 aliphatic carbocycles. The lowest BCUT2D eigenvalue weighted by Crippen LogP contribution is -2.52. The van der Waals surface area contributed by atoms with Crippen LogP contribution in [-0.2, 0) is 9.47 Å². The summed E-state index contributed by atoms with van der Waals surface area (Å²) in [5.41, 5.74) is 1.69. The van der Waals surface area contributed by atoms with Gasteiger partial charge in [-0.3, -0.25) is 0 Å². The highest BCUT2D eigenvalue weighted by Crippen LogP contribution is 2.57. The van der Waals surface area contributed by atoms with Gasteiger partial charge < -0.3 is 9.47 Å². The van der Waals surface area contributed by atoms with Gasteiger partial charge in [0.25, 0.3) is 0 Å². The van der Waals surface area contributed by atoms with E-state index in [2.05, 4.69) is 63.3 Å². The summed E-state index contributed by atoms with van der Waals surface area (Å²) in [5.74, 6) is 1.31. The molecule has 7 atom stereocenters. The van der Waals surface area contributed by atoms with Gasteiger partial charge in [-0.15, -0.1) is 0 Å². The van der Waals surface area contributed by atoms with Crippen molar-refractivity contribution in [3.8, 4) is 0 Å². The fraction of sp³-hybridized carbons (Fsp3) is 0.882. The molecule has 0 amide bonds. The largest absolute Gasteiger partial charge is 0.370 e. The molecule has 0 saturated carbocycles. The number of allylic oxidation sites excluding steroid dienone is 1. The van der Waals surface area contributed by atoms with E-state index in [1.807, 2.05) is 0 Å². The van der Waals surface area contributed by atoms with E-state index in [9.17, 15) is 0 Å². The second-order valence-corrected chi connectivity index (χ2v) is 9.85. The average molecular weight is 390 g/mol. The maximum Gasteiger partial charge on any atom is 0.107 e. The molecule has 3 rings (SSSR count). The van der Waals surface area contributed by atoms with E-state index in [1.165, 1.54) is 12.0 Å². The maximum atomic E-state index is 6.56. The van der Waals surface area contributed by atoms with E-state index in [4.69, 9.17) is 9.47 Å². The lowest BCUT2D eigenvalue weighted by Gasteiger charge is -2.51. The van der Waals surface area contributed by atoms with Crippen molar-refractivity contribution in [1.29, 1.82) is 0 Å². The van der Waals surface area contributed by atoms with Gasteiger partial charge in [0.05, 0.1) is 18.8 Å². The first-order chi connectivity index (χ1) is 9.25. The molecule has 0 aromatic rings. The van der Waals surface area contributed by atoms with E-state index in [0.717, 1.165) is 13.0 Å². The Labute approximate surface area is 136 Å². The Bertz CT molecular complexity index is 427. The van der Waals surface area contributed by atoms with E-state index in [0.29, 0.717) is 17.9 Å². The topological polar surface area (TPSA) is 21.8 Å². The van der Waals surface area contributed by atoms with Crippen LogP contribution in [-0.4, -0.2) is 28.3 Å². The van der Waals surface area contributed by atoms with Crippen LogP contribution < -0.4 is 0 Å². The number of fused-ring (bicyclic) bond motifs is 1. The van der Waals surface area contributed by atoms with Gasteiger partial charge in [0.2, 0.25) is 0 Å². The van der Waals surface area contributed by atoms with Crippen molar-refractivity contribution in [2.24, 2.45) is 17.3 Å². The molecule has 2 heterocycles. The normalized spacial score (nSPS) is 55.7. The minimum atomic E-state index is 0.204. The zero-order chi connectivity index (χ0) is 14.7. The van der Waals surface area contributed by atoms with Crippen LogP contribution in [0.3, 0.4) is 0 Å². The summed E-state index contributed by atoms with van der Waals surface area (Å²) in [5, 5.41) is 0. The van der Waals surface area contributed by atoms with Crippen molar-refractivity contribution < 1.29 is 9.47 Å². The zero-order valence-corrected chi connectivity index (χ0v) is 15.4. The van der Waals surface area contributed by atoms with Gasteiger partial charge in [0.15, 0.2) is 0 Å². The van der Waals surface area contributed by atoms with Crippen LogP contribution in [0.1, 0.15) is 47.5 Å². The summed E-state index contributed by atoms with van der Waals surface area (Å²) in [7, 11) is 0. The van der Waals surface area contributed by atoms with Gasteiger partial charge in [0.1, 0.15) is 6.10 Å². The van der Waals surface area contributed by atoms with Crippen molar-refractivity contribution in [2.45, 2.75) is 69.2 Å². The molecule has 2 fully saturated rings. The standard InChI is InChI=1S/C17H27IO2/c1-10-6-15-16(4,8-11(10)2)17(5,18)12(3)7-13(20-15)14-9-19-14/h6,11-15H,7-9H2,1-5H3/t11-,12+,13?,14?,15?,16?,17?/m0/s1. The Morgan fingerprint density at radius 1 is 1.25 bits per heavy atom. The van der Waals surface area contributed by atoms with Crippen LogP contribution >= 0.6 is 22.6 Å². The number of hydrogen-bond acceptors (Lipinski definition) is 2. The number of epoxide rings is 1. The van der Waals surface area contributed by atoms with E-state index >= 15 is 0 Å². The quantitative estimate of drug-likeness (QED) is 0.287. The van der Waals surface area contributed by atoms with Gasteiger partial charge in [0, 0.05) is 8.84 Å². The number of alkyl halides is 1. The number of rotatable bonds is 1. The zero-order valence-electron chi connectivity index (χ0n) is 13.3. The van der Waals surface area contributed by atoms with Crippen molar-refractivity contribution in [3.63, 3.8) is 0 Å². The summed E-state index contributed by atoms with van der Waals surface area (Å²) in [6.07, 6.45) is 5.61. The number of halogens is 1. The lowest BCUT2D eigenvalue weighted by molar-refractivity contribution is -0.0626. The summed E-state index contributed by atoms with van der Waals surface area (Å²) in [6.45, 7) is 12.8. The molecule has 0 N–H and O–H groups in total. The van der Waals surface area contributed by atoms with Crippen molar-refractivity contribution in [3.05, 3.63) is 11.6 Å². The molecule has 5 unspecified atom stereocenters. The Morgan fingerprint density at radius 3 is 2.50 bits per heavy atom. The number of ether oxygens (including phenoxy) is 2. The van der Waals surface area contributed by atoms with Crippen LogP contribution in [0.15, 0.2) is 11.6 Å². The monoisotopic (exact) mass is 390 g/mol. The lowest BCUT2D eigenvalue weighted by atomic mass is 9.61. The summed E-state index contributed by atoms with van der Waals surface area (Å²) in [6, 6.07) is 0. The second kappa shape index (κ2) is 4.95. The molecule has 2 saturated heterocycles. The summed E-state index contributed by atoms with van der Waals surface area (Å²) in [4.78, 5) is 0. The predicted molar refractivity (Wildman–Crippen MR) is 90.3 cm³/mol. The maximum absolute atomic E-state index is 6.56. The van der Waals surface area contributed by atoms with Crippen LogP contribution in [0.5, 0.6) is 0 Å². The minimum Gasteiger partial charge on any atom is -0.370 e. The van der Waals surface area contributed by atoms with Crippen LogP contribution in [0.2, 0.25) is 0 Å². The average Bonchev–Trinajstić information content (AvgIpc) is 3.17. The first kappa shape index (κ1) is 15.3. The molecule has 2 nitrogen and oxygen atoms in total. The summed E-state index contributed by atoms with van der Waals surface area (Å²) < 4.78 is 12.3. The smallest absolute Gasteiger partial charge is 0.107 e. The molecule has 20 heavy (non-hydrogen) atoms. The van der Waals surface area contributed by atoms with E-state index in [-0.39, 0.29) is 21.0 Å². The van der Waals surface area contributed by atoms with E-state index in [1.54, 1.807) is 0 Å².